The van der Waals surface area contributed by atoms with Gasteiger partial charge in [0, 0.05) is 30.8 Å². The molecule has 1 aliphatic heterocycles. The highest BCUT2D eigenvalue weighted by Crippen LogP contribution is 2.37. The SMILES string of the molecule is COc1cc(NC(=O)C2CC(=O)N(c3cc(C)ccc3C)C2)c(OC)cc1Cl. The number of methoxy groups -OCH3 is 2. The Morgan fingerprint density at radius 1 is 1.14 bits per heavy atom. The number of ether oxygens (including phenoxy) is 2. The average molecular weight is 403 g/mol. The molecule has 0 aromatic heterocycles. The van der Waals surface area contributed by atoms with Gasteiger partial charge in [0.15, 0.2) is 0 Å². The molecule has 1 N–H and O–H groups in total. The number of hydrogen-bond donors (Lipinski definition) is 1. The van der Waals surface area contributed by atoms with E-state index in [0.717, 1.165) is 16.8 Å². The molecule has 6 nitrogen and oxygen atoms in total. The van der Waals surface area contributed by atoms with Crippen LogP contribution in [0.5, 0.6) is 11.5 Å². The van der Waals surface area contributed by atoms with Crippen molar-refractivity contribution >= 4 is 34.8 Å². The van der Waals surface area contributed by atoms with Gasteiger partial charge in [-0.3, -0.25) is 9.59 Å². The number of amides is 2. The van der Waals surface area contributed by atoms with Crippen LogP contribution in [0.4, 0.5) is 11.4 Å². The van der Waals surface area contributed by atoms with E-state index in [4.69, 9.17) is 21.1 Å². The van der Waals surface area contributed by atoms with Crippen LogP contribution in [0.15, 0.2) is 30.3 Å². The first-order chi connectivity index (χ1) is 13.3. The van der Waals surface area contributed by atoms with E-state index in [-0.39, 0.29) is 18.2 Å². The molecule has 148 valence electrons. The molecule has 3 rings (SSSR count). The monoisotopic (exact) mass is 402 g/mol. The fourth-order valence-electron chi connectivity index (χ4n) is 3.32. The first kappa shape index (κ1) is 20.0. The molecule has 2 amide bonds. The van der Waals surface area contributed by atoms with Crippen molar-refractivity contribution in [3.05, 3.63) is 46.5 Å². The van der Waals surface area contributed by atoms with E-state index in [1.165, 1.54) is 14.2 Å². The van der Waals surface area contributed by atoms with Crippen LogP contribution < -0.4 is 19.7 Å². The fraction of sp³-hybridized carbons (Fsp3) is 0.333. The predicted molar refractivity (Wildman–Crippen MR) is 110 cm³/mol. The molecule has 1 atom stereocenters. The zero-order chi connectivity index (χ0) is 20.4. The highest BCUT2D eigenvalue weighted by Gasteiger charge is 2.36. The van der Waals surface area contributed by atoms with Gasteiger partial charge in [0.1, 0.15) is 11.5 Å². The van der Waals surface area contributed by atoms with Crippen LogP contribution in [0.3, 0.4) is 0 Å². The lowest BCUT2D eigenvalue weighted by Crippen LogP contribution is -2.28. The number of aryl methyl sites for hydroxylation is 2. The number of carbonyl (C=O) groups excluding carboxylic acids is 2. The van der Waals surface area contributed by atoms with Crippen LogP contribution in [0.2, 0.25) is 5.02 Å². The lowest BCUT2D eigenvalue weighted by Gasteiger charge is -2.20. The van der Waals surface area contributed by atoms with Gasteiger partial charge >= 0.3 is 0 Å². The van der Waals surface area contributed by atoms with Crippen molar-refractivity contribution in [2.75, 3.05) is 31.0 Å². The second kappa shape index (κ2) is 8.10. The van der Waals surface area contributed by atoms with Gasteiger partial charge in [0.25, 0.3) is 0 Å². The van der Waals surface area contributed by atoms with Crippen molar-refractivity contribution < 1.29 is 19.1 Å². The highest BCUT2D eigenvalue weighted by atomic mass is 35.5. The number of benzene rings is 2. The Morgan fingerprint density at radius 2 is 1.86 bits per heavy atom. The number of rotatable bonds is 5. The molecule has 2 aromatic carbocycles. The van der Waals surface area contributed by atoms with Crippen molar-refractivity contribution in [1.82, 2.24) is 0 Å². The minimum absolute atomic E-state index is 0.0606. The summed E-state index contributed by atoms with van der Waals surface area (Å²) in [6, 6.07) is 9.15. The van der Waals surface area contributed by atoms with E-state index in [2.05, 4.69) is 5.32 Å². The lowest BCUT2D eigenvalue weighted by molar-refractivity contribution is -0.122. The maximum absolute atomic E-state index is 12.8. The number of nitrogens with one attached hydrogen (secondary N) is 1. The van der Waals surface area contributed by atoms with Crippen molar-refractivity contribution in [2.45, 2.75) is 20.3 Å². The molecule has 0 spiro atoms. The summed E-state index contributed by atoms with van der Waals surface area (Å²) in [4.78, 5) is 27.1. The third-order valence-corrected chi connectivity index (χ3v) is 5.18. The maximum atomic E-state index is 12.8. The molecule has 28 heavy (non-hydrogen) atoms. The van der Waals surface area contributed by atoms with Gasteiger partial charge in [-0.05, 0) is 31.0 Å². The third kappa shape index (κ3) is 3.92. The molecule has 0 aliphatic carbocycles. The topological polar surface area (TPSA) is 67.9 Å². The second-order valence-electron chi connectivity index (χ2n) is 6.87. The highest BCUT2D eigenvalue weighted by molar-refractivity contribution is 6.32. The molecule has 1 saturated heterocycles. The Balaban J connectivity index is 1.79. The summed E-state index contributed by atoms with van der Waals surface area (Å²) in [5, 5.41) is 3.23. The smallest absolute Gasteiger partial charge is 0.229 e. The summed E-state index contributed by atoms with van der Waals surface area (Å²) >= 11 is 6.11. The van der Waals surface area contributed by atoms with Gasteiger partial charge < -0.3 is 19.7 Å². The quantitative estimate of drug-likeness (QED) is 0.821. The van der Waals surface area contributed by atoms with Gasteiger partial charge in [-0.15, -0.1) is 0 Å². The Morgan fingerprint density at radius 3 is 2.54 bits per heavy atom. The van der Waals surface area contributed by atoms with Crippen molar-refractivity contribution in [3.63, 3.8) is 0 Å². The molecule has 7 heteroatoms. The number of halogens is 1. The normalized spacial score (nSPS) is 16.2. The standard InChI is InChI=1S/C21H23ClN2O4/c1-12-5-6-13(2)17(7-12)24-11-14(8-20(24)25)21(26)23-16-10-18(27-3)15(22)9-19(16)28-4/h5-7,9-10,14H,8,11H2,1-4H3,(H,23,26). The summed E-state index contributed by atoms with van der Waals surface area (Å²) in [7, 11) is 2.99. The Bertz CT molecular complexity index is 929. The fourth-order valence-corrected chi connectivity index (χ4v) is 3.55. The summed E-state index contributed by atoms with van der Waals surface area (Å²) in [6.45, 7) is 4.27. The molecule has 0 radical (unpaired) electrons. The van der Waals surface area contributed by atoms with Crippen molar-refractivity contribution in [2.24, 2.45) is 5.92 Å². The Kier molecular flexibility index (Phi) is 5.79. The van der Waals surface area contributed by atoms with E-state index in [9.17, 15) is 9.59 Å². The van der Waals surface area contributed by atoms with Crippen LogP contribution in [0.25, 0.3) is 0 Å². The van der Waals surface area contributed by atoms with Gasteiger partial charge in [-0.1, -0.05) is 23.7 Å². The maximum Gasteiger partial charge on any atom is 0.229 e. The van der Waals surface area contributed by atoms with E-state index in [1.54, 1.807) is 17.0 Å². The molecule has 0 bridgehead atoms. The first-order valence-electron chi connectivity index (χ1n) is 8.94. The van der Waals surface area contributed by atoms with Gasteiger partial charge in [0.05, 0.1) is 30.8 Å². The largest absolute Gasteiger partial charge is 0.495 e. The Labute approximate surface area is 169 Å². The van der Waals surface area contributed by atoms with Crippen molar-refractivity contribution in [1.29, 1.82) is 0 Å². The molecule has 1 aliphatic rings. The molecule has 1 heterocycles. The van der Waals surface area contributed by atoms with E-state index in [1.807, 2.05) is 32.0 Å². The molecule has 2 aromatic rings. The van der Waals surface area contributed by atoms with E-state index in [0.29, 0.717) is 28.8 Å². The zero-order valence-corrected chi connectivity index (χ0v) is 17.1. The van der Waals surface area contributed by atoms with Crippen LogP contribution in [0, 0.1) is 19.8 Å². The van der Waals surface area contributed by atoms with Gasteiger partial charge in [-0.2, -0.15) is 0 Å². The van der Waals surface area contributed by atoms with E-state index < -0.39 is 5.92 Å². The number of nitrogens with zero attached hydrogens (tertiary/aromatic N) is 1. The summed E-state index contributed by atoms with van der Waals surface area (Å²) in [6.07, 6.45) is 0.159. The van der Waals surface area contributed by atoms with Crippen LogP contribution >= 0.6 is 11.6 Å². The number of hydrogen-bond acceptors (Lipinski definition) is 4. The number of carbonyl (C=O) groups is 2. The molecule has 1 fully saturated rings. The Hall–Kier alpha value is -2.73. The first-order valence-corrected chi connectivity index (χ1v) is 9.31. The number of anilines is 2. The summed E-state index contributed by atoms with van der Waals surface area (Å²) in [5.74, 6) is 0.0873. The van der Waals surface area contributed by atoms with Gasteiger partial charge in [-0.25, -0.2) is 0 Å². The summed E-state index contributed by atoms with van der Waals surface area (Å²) in [5.41, 5.74) is 3.38. The third-order valence-electron chi connectivity index (χ3n) is 4.88. The predicted octanol–water partition coefficient (Wildman–Crippen LogP) is 3.97. The van der Waals surface area contributed by atoms with Crippen LogP contribution in [-0.4, -0.2) is 32.6 Å². The minimum Gasteiger partial charge on any atom is -0.495 e. The second-order valence-corrected chi connectivity index (χ2v) is 7.28. The van der Waals surface area contributed by atoms with Crippen LogP contribution in [0.1, 0.15) is 17.5 Å². The molecular weight excluding hydrogens is 380 g/mol. The van der Waals surface area contributed by atoms with E-state index >= 15 is 0 Å². The van der Waals surface area contributed by atoms with Crippen molar-refractivity contribution in [3.8, 4) is 11.5 Å². The summed E-state index contributed by atoms with van der Waals surface area (Å²) < 4.78 is 10.5. The van der Waals surface area contributed by atoms with Crippen LogP contribution in [-0.2, 0) is 9.59 Å². The average Bonchev–Trinajstić information content (AvgIpc) is 3.06. The zero-order valence-electron chi connectivity index (χ0n) is 16.3. The lowest BCUT2D eigenvalue weighted by atomic mass is 10.1. The molecule has 0 saturated carbocycles. The molecular formula is C21H23ClN2O4. The van der Waals surface area contributed by atoms with Gasteiger partial charge in [0.2, 0.25) is 11.8 Å². The molecule has 1 unspecified atom stereocenters. The minimum atomic E-state index is -0.459.